The lowest BCUT2D eigenvalue weighted by atomic mass is 9.98. The summed E-state index contributed by atoms with van der Waals surface area (Å²) in [7, 11) is 0. The Bertz CT molecular complexity index is 1130. The average molecular weight is 933 g/mol. The molecule has 0 aromatic heterocycles. The standard InChI is InChI=1S/C51H96O14/c1-3-5-7-9-11-13-15-17-19-20-21-22-24-26-28-30-32-34-43(53)63-40(37-60-35-33-31-29-27-25-23-18-16-14-12-10-8-6-4-2)38-61-50-49(59)47(57)45(55)42(65-50)39-62-51-48(58)46(56)44(54)41(36-52)64-51/h17,19,40-42,44-52,54-59H,3-16,18,20-39H2,1-2H3/b19-17-. The van der Waals surface area contributed by atoms with Gasteiger partial charge in [-0.25, -0.2) is 0 Å². The minimum atomic E-state index is -1.70. The van der Waals surface area contributed by atoms with Gasteiger partial charge >= 0.3 is 5.97 Å². The number of rotatable bonds is 42. The van der Waals surface area contributed by atoms with Crippen LogP contribution in [0.4, 0.5) is 0 Å². The number of hydrogen-bond donors (Lipinski definition) is 7. The normalized spacial score (nSPS) is 26.5. The van der Waals surface area contributed by atoms with Crippen LogP contribution in [0.3, 0.4) is 0 Å². The third-order valence-electron chi connectivity index (χ3n) is 12.8. The van der Waals surface area contributed by atoms with Crippen LogP contribution in [0, 0.1) is 0 Å². The lowest BCUT2D eigenvalue weighted by Gasteiger charge is -2.42. The van der Waals surface area contributed by atoms with Crippen molar-refractivity contribution >= 4 is 5.97 Å². The summed E-state index contributed by atoms with van der Waals surface area (Å²) in [6, 6.07) is 0. The van der Waals surface area contributed by atoms with Crippen molar-refractivity contribution in [1.29, 1.82) is 0 Å². The van der Waals surface area contributed by atoms with Gasteiger partial charge in [-0.3, -0.25) is 4.79 Å². The average Bonchev–Trinajstić information content (AvgIpc) is 3.30. The van der Waals surface area contributed by atoms with Crippen LogP contribution in [0.2, 0.25) is 0 Å². The molecule has 7 N–H and O–H groups in total. The second-order valence-electron chi connectivity index (χ2n) is 18.7. The van der Waals surface area contributed by atoms with Crippen molar-refractivity contribution in [2.24, 2.45) is 0 Å². The van der Waals surface area contributed by atoms with E-state index in [9.17, 15) is 40.5 Å². The van der Waals surface area contributed by atoms with Gasteiger partial charge in [0.1, 0.15) is 54.9 Å². The third kappa shape index (κ3) is 27.5. The van der Waals surface area contributed by atoms with E-state index in [4.69, 9.17) is 28.4 Å². The van der Waals surface area contributed by atoms with Crippen LogP contribution in [0.25, 0.3) is 0 Å². The van der Waals surface area contributed by atoms with Crippen molar-refractivity contribution in [3.05, 3.63) is 12.2 Å². The first-order chi connectivity index (χ1) is 31.6. The zero-order valence-corrected chi connectivity index (χ0v) is 40.7. The number of hydrogen-bond acceptors (Lipinski definition) is 14. The molecule has 14 nitrogen and oxygen atoms in total. The Morgan fingerprint density at radius 1 is 0.492 bits per heavy atom. The van der Waals surface area contributed by atoms with Crippen LogP contribution in [0.5, 0.6) is 0 Å². The fourth-order valence-electron chi connectivity index (χ4n) is 8.46. The number of aliphatic hydroxyl groups is 7. The highest BCUT2D eigenvalue weighted by Crippen LogP contribution is 2.26. The van der Waals surface area contributed by atoms with Gasteiger partial charge in [0.05, 0.1) is 26.4 Å². The minimum absolute atomic E-state index is 0.0655. The number of ether oxygens (including phenoxy) is 6. The monoisotopic (exact) mass is 933 g/mol. The SMILES string of the molecule is CCCCCCCC/C=C\CCCCCCCCCC(=O)OC(COCCCCCCCCCCCCCCCC)COC1OC(COC2OC(CO)C(O)C(O)C2O)C(O)C(O)C1O. The molecule has 0 bridgehead atoms. The van der Waals surface area contributed by atoms with Crippen molar-refractivity contribution in [1.82, 2.24) is 0 Å². The number of carbonyl (C=O) groups is 1. The molecule has 14 heteroatoms. The second kappa shape index (κ2) is 39.6. The summed E-state index contributed by atoms with van der Waals surface area (Å²) in [6.45, 7) is 3.71. The largest absolute Gasteiger partial charge is 0.457 e. The minimum Gasteiger partial charge on any atom is -0.457 e. The molecule has 2 fully saturated rings. The first kappa shape index (κ1) is 59.9. The fraction of sp³-hybridized carbons (Fsp3) is 0.941. The van der Waals surface area contributed by atoms with E-state index in [2.05, 4.69) is 26.0 Å². The highest BCUT2D eigenvalue weighted by molar-refractivity contribution is 5.69. The highest BCUT2D eigenvalue weighted by atomic mass is 16.7. The first-order valence-electron chi connectivity index (χ1n) is 26.3. The van der Waals surface area contributed by atoms with Gasteiger partial charge in [-0.15, -0.1) is 0 Å². The fourth-order valence-corrected chi connectivity index (χ4v) is 8.46. The number of allylic oxidation sites excluding steroid dienone is 2. The summed E-state index contributed by atoms with van der Waals surface area (Å²) in [5.74, 6) is -0.377. The maximum atomic E-state index is 13.0. The van der Waals surface area contributed by atoms with Crippen molar-refractivity contribution in [2.75, 3.05) is 33.0 Å². The Kier molecular flexibility index (Phi) is 36.4. The van der Waals surface area contributed by atoms with E-state index in [0.717, 1.165) is 44.9 Å². The summed E-state index contributed by atoms with van der Waals surface area (Å²) in [5, 5.41) is 72.1. The topological polar surface area (TPSA) is 214 Å². The Labute approximate surface area is 393 Å². The summed E-state index contributed by atoms with van der Waals surface area (Å²) in [4.78, 5) is 13.0. The summed E-state index contributed by atoms with van der Waals surface area (Å²) in [5.41, 5.74) is 0. The molecule has 2 rings (SSSR count). The Hall–Kier alpha value is -1.27. The van der Waals surface area contributed by atoms with Gasteiger partial charge in [0.2, 0.25) is 0 Å². The van der Waals surface area contributed by atoms with Crippen LogP contribution in [0.1, 0.15) is 206 Å². The van der Waals surface area contributed by atoms with Gasteiger partial charge in [-0.05, 0) is 38.5 Å². The van der Waals surface area contributed by atoms with Crippen LogP contribution in [-0.2, 0) is 33.2 Å². The molecular formula is C51H96O14. The summed E-state index contributed by atoms with van der Waals surface area (Å²) in [6.07, 6.45) is 24.1. The van der Waals surface area contributed by atoms with E-state index >= 15 is 0 Å². The predicted molar refractivity (Wildman–Crippen MR) is 252 cm³/mol. The molecule has 2 aliphatic heterocycles. The lowest BCUT2D eigenvalue weighted by molar-refractivity contribution is -0.332. The van der Waals surface area contributed by atoms with Crippen LogP contribution < -0.4 is 0 Å². The zero-order valence-electron chi connectivity index (χ0n) is 40.7. The van der Waals surface area contributed by atoms with E-state index in [1.165, 1.54) is 135 Å². The van der Waals surface area contributed by atoms with Gasteiger partial charge in [0, 0.05) is 13.0 Å². The quantitative estimate of drug-likeness (QED) is 0.0176. The molecule has 0 radical (unpaired) electrons. The summed E-state index contributed by atoms with van der Waals surface area (Å²) < 4.78 is 34.3. The van der Waals surface area contributed by atoms with Gasteiger partial charge in [-0.1, -0.05) is 174 Å². The molecule has 384 valence electrons. The van der Waals surface area contributed by atoms with Crippen molar-refractivity contribution in [3.63, 3.8) is 0 Å². The number of aliphatic hydroxyl groups excluding tert-OH is 7. The Morgan fingerprint density at radius 2 is 0.908 bits per heavy atom. The molecule has 0 saturated carbocycles. The number of esters is 1. The maximum absolute atomic E-state index is 13.0. The number of carbonyl (C=O) groups excluding carboxylic acids is 1. The van der Waals surface area contributed by atoms with E-state index in [1.54, 1.807) is 0 Å². The molecule has 2 saturated heterocycles. The van der Waals surface area contributed by atoms with Crippen LogP contribution >= 0.6 is 0 Å². The van der Waals surface area contributed by atoms with Crippen molar-refractivity contribution in [3.8, 4) is 0 Å². The van der Waals surface area contributed by atoms with E-state index in [-0.39, 0.29) is 25.6 Å². The van der Waals surface area contributed by atoms with Crippen molar-refractivity contribution in [2.45, 2.75) is 274 Å². The molecule has 0 spiro atoms. The molecule has 0 aromatic carbocycles. The van der Waals surface area contributed by atoms with E-state index < -0.39 is 80.7 Å². The third-order valence-corrected chi connectivity index (χ3v) is 12.8. The molecule has 0 amide bonds. The Balaban J connectivity index is 1.76. The maximum Gasteiger partial charge on any atom is 0.306 e. The van der Waals surface area contributed by atoms with Crippen LogP contribution in [-0.4, -0.2) is 142 Å². The molecule has 2 aliphatic rings. The highest BCUT2D eigenvalue weighted by Gasteiger charge is 2.47. The lowest BCUT2D eigenvalue weighted by Crippen LogP contribution is -2.61. The molecule has 0 aliphatic carbocycles. The molecule has 0 aromatic rings. The predicted octanol–water partition coefficient (Wildman–Crippen LogP) is 7.85. The van der Waals surface area contributed by atoms with Crippen molar-refractivity contribution < 1.29 is 69.0 Å². The molecule has 2 heterocycles. The molecular weight excluding hydrogens is 837 g/mol. The Morgan fingerprint density at radius 3 is 1.40 bits per heavy atom. The van der Waals surface area contributed by atoms with Gasteiger partial charge in [-0.2, -0.15) is 0 Å². The first-order valence-corrected chi connectivity index (χ1v) is 26.3. The van der Waals surface area contributed by atoms with E-state index in [0.29, 0.717) is 13.0 Å². The van der Waals surface area contributed by atoms with Gasteiger partial charge in [0.25, 0.3) is 0 Å². The van der Waals surface area contributed by atoms with Gasteiger partial charge < -0.3 is 64.2 Å². The molecule has 65 heavy (non-hydrogen) atoms. The molecule has 11 atom stereocenters. The van der Waals surface area contributed by atoms with Gasteiger partial charge in [0.15, 0.2) is 12.6 Å². The number of unbranched alkanes of at least 4 members (excludes halogenated alkanes) is 26. The second-order valence-corrected chi connectivity index (χ2v) is 18.7. The van der Waals surface area contributed by atoms with Crippen LogP contribution in [0.15, 0.2) is 12.2 Å². The molecule has 11 unspecified atom stereocenters. The summed E-state index contributed by atoms with van der Waals surface area (Å²) >= 11 is 0. The van der Waals surface area contributed by atoms with E-state index in [1.807, 2.05) is 0 Å². The zero-order chi connectivity index (χ0) is 47.3. The smallest absolute Gasteiger partial charge is 0.306 e.